The van der Waals surface area contributed by atoms with Crippen molar-refractivity contribution in [1.82, 2.24) is 14.8 Å². The first-order chi connectivity index (χ1) is 8.29. The van der Waals surface area contributed by atoms with E-state index in [1.807, 2.05) is 16.8 Å². The van der Waals surface area contributed by atoms with Gasteiger partial charge in [-0.25, -0.2) is 4.98 Å². The van der Waals surface area contributed by atoms with Crippen LogP contribution in [0.4, 0.5) is 0 Å². The van der Waals surface area contributed by atoms with Crippen LogP contribution in [0.3, 0.4) is 0 Å². The fourth-order valence-electron chi connectivity index (χ4n) is 1.98. The summed E-state index contributed by atoms with van der Waals surface area (Å²) in [5.74, 6) is 0.552. The molecule has 0 amide bonds. The van der Waals surface area contributed by atoms with Crippen molar-refractivity contribution in [1.29, 1.82) is 0 Å². The van der Waals surface area contributed by atoms with Crippen LogP contribution in [0.1, 0.15) is 31.2 Å². The van der Waals surface area contributed by atoms with E-state index in [2.05, 4.69) is 29.1 Å². The predicted molar refractivity (Wildman–Crippen MR) is 69.1 cm³/mol. The third-order valence-corrected chi connectivity index (χ3v) is 3.26. The molecule has 1 heterocycles. The Morgan fingerprint density at radius 3 is 2.65 bits per heavy atom. The highest BCUT2D eigenvalue weighted by Crippen LogP contribution is 2.25. The van der Waals surface area contributed by atoms with Gasteiger partial charge >= 0.3 is 0 Å². The van der Waals surface area contributed by atoms with Crippen LogP contribution >= 0.6 is 11.6 Å². The molecule has 0 saturated carbocycles. The van der Waals surface area contributed by atoms with Crippen LogP contribution in [0.2, 0.25) is 5.02 Å². The van der Waals surface area contributed by atoms with E-state index in [-0.39, 0.29) is 0 Å². The maximum absolute atomic E-state index is 5.90. The Morgan fingerprint density at radius 1 is 1.29 bits per heavy atom. The first-order valence-electron chi connectivity index (χ1n) is 5.87. The topological polar surface area (TPSA) is 30.7 Å². The van der Waals surface area contributed by atoms with Crippen LogP contribution in [0.15, 0.2) is 36.9 Å². The number of nitrogens with zero attached hydrogens (tertiary/aromatic N) is 3. The van der Waals surface area contributed by atoms with Crippen molar-refractivity contribution in [3.63, 3.8) is 0 Å². The van der Waals surface area contributed by atoms with Crippen LogP contribution in [-0.2, 0) is 6.54 Å². The van der Waals surface area contributed by atoms with Crippen molar-refractivity contribution in [3.8, 4) is 0 Å². The molecule has 0 aliphatic rings. The highest BCUT2D eigenvalue weighted by molar-refractivity contribution is 6.30. The summed E-state index contributed by atoms with van der Waals surface area (Å²) in [7, 11) is 0. The molecule has 2 aromatic rings. The van der Waals surface area contributed by atoms with Crippen molar-refractivity contribution in [3.05, 3.63) is 47.5 Å². The Labute approximate surface area is 106 Å². The van der Waals surface area contributed by atoms with E-state index in [4.69, 9.17) is 11.6 Å². The molecule has 0 fully saturated rings. The molecule has 0 unspecified atom stereocenters. The molecule has 1 aromatic carbocycles. The van der Waals surface area contributed by atoms with E-state index in [0.29, 0.717) is 5.92 Å². The molecule has 2 rings (SSSR count). The highest BCUT2D eigenvalue weighted by atomic mass is 35.5. The Balaban J connectivity index is 1.99. The Hall–Kier alpha value is -1.35. The molecular weight excluding hydrogens is 234 g/mol. The molecule has 17 heavy (non-hydrogen) atoms. The maximum atomic E-state index is 5.90. The number of hydrogen-bond donors (Lipinski definition) is 0. The van der Waals surface area contributed by atoms with E-state index >= 15 is 0 Å². The zero-order valence-corrected chi connectivity index (χ0v) is 10.6. The second kappa shape index (κ2) is 5.82. The molecule has 4 heteroatoms. The van der Waals surface area contributed by atoms with Crippen molar-refractivity contribution in [2.45, 2.75) is 32.2 Å². The summed E-state index contributed by atoms with van der Waals surface area (Å²) in [6.07, 6.45) is 5.52. The number of halogens is 1. The van der Waals surface area contributed by atoms with Crippen molar-refractivity contribution >= 4 is 11.6 Å². The average molecular weight is 250 g/mol. The number of aryl methyl sites for hydroxylation is 1. The molecule has 90 valence electrons. The van der Waals surface area contributed by atoms with Crippen LogP contribution in [0.5, 0.6) is 0 Å². The lowest BCUT2D eigenvalue weighted by molar-refractivity contribution is 0.503. The molecule has 1 atom stereocenters. The third kappa shape index (κ3) is 3.30. The predicted octanol–water partition coefficient (Wildman–Crippen LogP) is 3.52. The molecule has 0 aliphatic heterocycles. The first-order valence-corrected chi connectivity index (χ1v) is 6.25. The Morgan fingerprint density at radius 2 is 2.06 bits per heavy atom. The fraction of sp³-hybridized carbons (Fsp3) is 0.385. The summed E-state index contributed by atoms with van der Waals surface area (Å²) in [6.45, 7) is 3.11. The standard InChI is InChI=1S/C13H16ClN3/c1-2-11(7-8-17-10-15-9-16-17)12-3-5-13(14)6-4-12/h3-6,9-11H,2,7-8H2,1H3/t11-/m1/s1. The normalized spacial score (nSPS) is 12.6. The third-order valence-electron chi connectivity index (χ3n) is 3.01. The minimum atomic E-state index is 0.552. The van der Waals surface area contributed by atoms with Gasteiger partial charge in [-0.1, -0.05) is 30.7 Å². The van der Waals surface area contributed by atoms with E-state index < -0.39 is 0 Å². The van der Waals surface area contributed by atoms with E-state index in [1.165, 1.54) is 5.56 Å². The van der Waals surface area contributed by atoms with Gasteiger partial charge in [0, 0.05) is 11.6 Å². The van der Waals surface area contributed by atoms with Gasteiger partial charge in [-0.2, -0.15) is 5.10 Å². The van der Waals surface area contributed by atoms with E-state index in [1.54, 1.807) is 12.7 Å². The minimum Gasteiger partial charge on any atom is -0.253 e. The molecule has 0 bridgehead atoms. The lowest BCUT2D eigenvalue weighted by Gasteiger charge is -2.15. The van der Waals surface area contributed by atoms with Gasteiger partial charge in [0.15, 0.2) is 0 Å². The zero-order valence-electron chi connectivity index (χ0n) is 9.88. The quantitative estimate of drug-likeness (QED) is 0.812. The monoisotopic (exact) mass is 249 g/mol. The number of rotatable bonds is 5. The molecule has 0 radical (unpaired) electrons. The summed E-state index contributed by atoms with van der Waals surface area (Å²) in [5, 5.41) is 4.91. The van der Waals surface area contributed by atoms with Gasteiger partial charge in [0.05, 0.1) is 0 Å². The molecule has 0 saturated heterocycles. The second-order valence-corrected chi connectivity index (χ2v) is 4.54. The van der Waals surface area contributed by atoms with Crippen molar-refractivity contribution < 1.29 is 0 Å². The number of aromatic nitrogens is 3. The molecule has 0 aliphatic carbocycles. The van der Waals surface area contributed by atoms with E-state index in [0.717, 1.165) is 24.4 Å². The van der Waals surface area contributed by atoms with Crippen LogP contribution < -0.4 is 0 Å². The average Bonchev–Trinajstić information content (AvgIpc) is 2.85. The smallest absolute Gasteiger partial charge is 0.137 e. The van der Waals surface area contributed by atoms with Crippen molar-refractivity contribution in [2.24, 2.45) is 0 Å². The van der Waals surface area contributed by atoms with Crippen molar-refractivity contribution in [2.75, 3.05) is 0 Å². The lowest BCUT2D eigenvalue weighted by Crippen LogP contribution is -2.05. The number of hydrogen-bond acceptors (Lipinski definition) is 2. The molecule has 0 N–H and O–H groups in total. The van der Waals surface area contributed by atoms with Crippen LogP contribution in [0, 0.1) is 0 Å². The summed E-state index contributed by atoms with van der Waals surface area (Å²) in [4.78, 5) is 3.94. The van der Waals surface area contributed by atoms with Crippen LogP contribution in [0.25, 0.3) is 0 Å². The van der Waals surface area contributed by atoms with Gasteiger partial charge < -0.3 is 0 Å². The second-order valence-electron chi connectivity index (χ2n) is 4.10. The molecule has 3 nitrogen and oxygen atoms in total. The lowest BCUT2D eigenvalue weighted by atomic mass is 9.93. The Kier molecular flexibility index (Phi) is 4.15. The Bertz CT molecular complexity index is 436. The van der Waals surface area contributed by atoms with Gasteiger partial charge in [0.25, 0.3) is 0 Å². The summed E-state index contributed by atoms with van der Waals surface area (Å²) >= 11 is 5.90. The highest BCUT2D eigenvalue weighted by Gasteiger charge is 2.09. The maximum Gasteiger partial charge on any atom is 0.137 e. The summed E-state index contributed by atoms with van der Waals surface area (Å²) in [5.41, 5.74) is 1.34. The fourth-order valence-corrected chi connectivity index (χ4v) is 2.10. The number of benzene rings is 1. The largest absolute Gasteiger partial charge is 0.253 e. The molecular formula is C13H16ClN3. The van der Waals surface area contributed by atoms with Crippen LogP contribution in [-0.4, -0.2) is 14.8 Å². The van der Waals surface area contributed by atoms with Gasteiger partial charge in [0.2, 0.25) is 0 Å². The zero-order chi connectivity index (χ0) is 12.1. The SMILES string of the molecule is CC[C@H](CCn1cncn1)c1ccc(Cl)cc1. The minimum absolute atomic E-state index is 0.552. The van der Waals surface area contributed by atoms with Gasteiger partial charge in [-0.15, -0.1) is 0 Å². The molecule has 0 spiro atoms. The first kappa shape index (κ1) is 12.1. The van der Waals surface area contributed by atoms with Gasteiger partial charge in [-0.3, -0.25) is 4.68 Å². The summed E-state index contributed by atoms with van der Waals surface area (Å²) in [6, 6.07) is 8.12. The molecule has 1 aromatic heterocycles. The van der Waals surface area contributed by atoms with Gasteiger partial charge in [-0.05, 0) is 36.5 Å². The summed E-state index contributed by atoms with van der Waals surface area (Å²) < 4.78 is 1.87. The van der Waals surface area contributed by atoms with Gasteiger partial charge in [0.1, 0.15) is 12.7 Å². The van der Waals surface area contributed by atoms with E-state index in [9.17, 15) is 0 Å².